The summed E-state index contributed by atoms with van der Waals surface area (Å²) in [6.07, 6.45) is 9.15. The molecule has 20 aromatic rings. The van der Waals surface area contributed by atoms with E-state index in [0.717, 1.165) is 30.0 Å². The van der Waals surface area contributed by atoms with E-state index in [-0.39, 0.29) is 53.5 Å². The number of aliphatic hydroxyl groups excluding tert-OH is 2. The molecule has 0 aromatic heterocycles. The Kier molecular flexibility index (Phi) is 26.4. The average molecular weight is 1890 g/mol. The molecule has 22 rings (SSSR count). The van der Waals surface area contributed by atoms with E-state index in [9.17, 15) is 24.6 Å². The Morgan fingerprint density at radius 2 is 0.493 bits per heavy atom. The van der Waals surface area contributed by atoms with Gasteiger partial charge in [0.1, 0.15) is 0 Å². The number of hydrogen-bond donors (Lipinski definition) is 2. The molecule has 0 saturated heterocycles. The molecule has 20 aromatic carbocycles. The van der Waals surface area contributed by atoms with Crippen LogP contribution in [0.1, 0.15) is 200 Å². The Labute approximate surface area is 841 Å². The van der Waals surface area contributed by atoms with E-state index < -0.39 is 22.6 Å². The molecule has 0 fully saturated rings. The minimum atomic E-state index is -0.509. The molecule has 0 atom stereocenters. The highest BCUT2D eigenvalue weighted by molar-refractivity contribution is 6.66. The lowest BCUT2D eigenvalue weighted by molar-refractivity contribution is -0.138. The van der Waals surface area contributed by atoms with Gasteiger partial charge in [0.25, 0.3) is 0 Å². The molecular formula is C133H130ClNO7. The van der Waals surface area contributed by atoms with Crippen molar-refractivity contribution in [1.29, 1.82) is 0 Å². The van der Waals surface area contributed by atoms with E-state index in [1.165, 1.54) is 261 Å². The second-order valence-corrected chi connectivity index (χ2v) is 44.1. The van der Waals surface area contributed by atoms with Crippen LogP contribution in [-0.2, 0) is 56.3 Å². The summed E-state index contributed by atoms with van der Waals surface area (Å²) in [7, 11) is 0. The third-order valence-electron chi connectivity index (χ3n) is 31.2. The molecule has 9 heteroatoms. The molecule has 0 spiro atoms. The summed E-state index contributed by atoms with van der Waals surface area (Å²) in [5, 5.41) is 51.1. The van der Waals surface area contributed by atoms with E-state index in [1.807, 2.05) is 0 Å². The fraction of sp³-hybridized carbons (Fsp3) is 0.271. The predicted molar refractivity (Wildman–Crippen MR) is 605 cm³/mol. The molecule has 142 heavy (non-hydrogen) atoms. The van der Waals surface area contributed by atoms with Gasteiger partial charge in [0.15, 0.2) is 0 Å². The number of aliphatic hydroxyl groups is 2. The fourth-order valence-electron chi connectivity index (χ4n) is 23.6. The second kappa shape index (κ2) is 38.4. The van der Waals surface area contributed by atoms with Crippen LogP contribution in [-0.4, -0.2) is 78.4 Å². The lowest BCUT2D eigenvalue weighted by atomic mass is 9.70. The van der Waals surface area contributed by atoms with Crippen LogP contribution in [0.2, 0.25) is 0 Å². The minimum absolute atomic E-state index is 0.0319. The highest BCUT2D eigenvalue weighted by Crippen LogP contribution is 2.60. The summed E-state index contributed by atoms with van der Waals surface area (Å²) < 4.78 is 11.3. The standard InChI is InChI=1S/C65H58O4.C59H54O2.C6H15N.C3H3ClO/c1-9-57(66)68-31-11-29-65(30-12-32-69-58(67)10-2)55-37-41(49-23-17-39-13-15-43-33-47(63(3,4)5)35-45-21-27-53(49)61(39)59(43)45)19-25-51(55)52-26-20-42(38-56(52)65)50-24-18-40-14-16-44-34-48(64(6,7)8)36-46-22-28-54(50)62(40)60(44)46;1-57(2,3)43-29-39-11-9-35-13-19-45(49-23-17-41(31-43)53(39)55(35)49)37-15-21-47-48-22-16-38(34-52(48)59(25-7-27-60,26-8-28-61)51(47)33-37)46-20-14-36-10-12-40-30-44(58(4,5)6)32-42-18-24-50(46)56(36)54(40)42;1-4-7(5-2)6-3;1-2-3(4)5/h9-10,13-28,33-38H,1-2,11-12,29-32H2,3-8H3;9-24,29-34,60-61H,7-8,25-28H2,1-6H3;4-6H2,1-3H3;2H,1H2. The van der Waals surface area contributed by atoms with Gasteiger partial charge in [-0.2, -0.15) is 0 Å². The fourth-order valence-corrected chi connectivity index (χ4v) is 23.6. The first-order valence-corrected chi connectivity index (χ1v) is 51.4. The molecular weight excluding hydrogens is 1760 g/mol. The summed E-state index contributed by atoms with van der Waals surface area (Å²) >= 11 is 4.71. The molecule has 0 aliphatic heterocycles. The Morgan fingerprint density at radius 1 is 0.289 bits per heavy atom. The SMILES string of the molecule is C=CC(=O)Cl.C=CC(=O)OCCCC1(CCCOC(=O)C=C)c2cc(-c3ccc4ccc5cc(C(C)(C)C)cc6ccc3c4c56)ccc2-c2ccc(-c3ccc4ccc5cc(C(C)(C)C)cc6ccc3c4c56)cc21.CC(C)(C)c1cc2ccc3ccc(-c4ccc5c(c4)C(CCCO)(CCCO)c4cc(-c6ccc7ccc8cc(C(C)(C)C)cc9ccc6c7c89)ccc4-5)c4ccc(c1)c2c34.CCN(CC)CC. The third-order valence-corrected chi connectivity index (χ3v) is 31.3. The van der Waals surface area contributed by atoms with Crippen LogP contribution in [0.4, 0.5) is 0 Å². The van der Waals surface area contributed by atoms with Crippen LogP contribution in [0.3, 0.4) is 0 Å². The lowest BCUT2D eigenvalue weighted by Gasteiger charge is -2.33. The summed E-state index contributed by atoms with van der Waals surface area (Å²) in [5.41, 5.74) is 24.3. The van der Waals surface area contributed by atoms with Crippen molar-refractivity contribution in [2.24, 2.45) is 0 Å². The number of esters is 2. The van der Waals surface area contributed by atoms with Crippen molar-refractivity contribution in [3.8, 4) is 66.8 Å². The molecule has 0 unspecified atom stereocenters. The zero-order valence-electron chi connectivity index (χ0n) is 85.1. The van der Waals surface area contributed by atoms with Gasteiger partial charge in [0.05, 0.1) is 13.2 Å². The van der Waals surface area contributed by atoms with Crippen molar-refractivity contribution in [2.45, 2.75) is 188 Å². The van der Waals surface area contributed by atoms with Crippen LogP contribution in [0.25, 0.3) is 196 Å². The maximum atomic E-state index is 12.4. The predicted octanol–water partition coefficient (Wildman–Crippen LogP) is 34.2. The first-order chi connectivity index (χ1) is 68.2. The van der Waals surface area contributed by atoms with Crippen molar-refractivity contribution in [2.75, 3.05) is 46.1 Å². The van der Waals surface area contributed by atoms with E-state index in [1.54, 1.807) is 0 Å². The number of rotatable bonds is 24. The van der Waals surface area contributed by atoms with E-state index in [2.05, 4.69) is 395 Å². The van der Waals surface area contributed by atoms with Gasteiger partial charge >= 0.3 is 11.9 Å². The van der Waals surface area contributed by atoms with Gasteiger partial charge in [0, 0.05) is 36.2 Å². The third kappa shape index (κ3) is 17.6. The Balaban J connectivity index is 0.000000163. The van der Waals surface area contributed by atoms with Crippen molar-refractivity contribution >= 4 is 158 Å². The smallest absolute Gasteiger partial charge is 0.330 e. The number of benzene rings is 20. The molecule has 2 aliphatic carbocycles. The van der Waals surface area contributed by atoms with Crippen LogP contribution in [0, 0.1) is 0 Å². The number of fused-ring (bicyclic) bond motifs is 6. The van der Waals surface area contributed by atoms with Gasteiger partial charge in [-0.3, -0.25) is 4.79 Å². The van der Waals surface area contributed by atoms with Gasteiger partial charge in [-0.25, -0.2) is 9.59 Å². The van der Waals surface area contributed by atoms with Crippen LogP contribution < -0.4 is 0 Å². The maximum absolute atomic E-state index is 12.4. The first-order valence-electron chi connectivity index (χ1n) is 51.0. The Hall–Kier alpha value is -13.4. The zero-order valence-corrected chi connectivity index (χ0v) is 85.9. The molecule has 0 bridgehead atoms. The molecule has 0 saturated carbocycles. The van der Waals surface area contributed by atoms with Gasteiger partial charge in [-0.1, -0.05) is 366 Å². The van der Waals surface area contributed by atoms with E-state index in [0.29, 0.717) is 38.5 Å². The van der Waals surface area contributed by atoms with E-state index in [4.69, 9.17) is 21.1 Å². The van der Waals surface area contributed by atoms with Gasteiger partial charge in [0.2, 0.25) is 5.24 Å². The Morgan fingerprint density at radius 3 is 0.690 bits per heavy atom. The first kappa shape index (κ1) is 97.4. The summed E-state index contributed by atoms with van der Waals surface area (Å²) in [6.45, 7) is 48.7. The van der Waals surface area contributed by atoms with Gasteiger partial charge in [-0.15, -0.1) is 0 Å². The van der Waals surface area contributed by atoms with Crippen molar-refractivity contribution in [3.05, 3.63) is 349 Å². The normalized spacial score (nSPS) is 13.3. The molecule has 0 heterocycles. The highest BCUT2D eigenvalue weighted by atomic mass is 35.5. The number of carbonyl (C=O) groups is 3. The second-order valence-electron chi connectivity index (χ2n) is 43.7. The maximum Gasteiger partial charge on any atom is 0.330 e. The van der Waals surface area contributed by atoms with Crippen LogP contribution >= 0.6 is 11.6 Å². The number of halogens is 1. The van der Waals surface area contributed by atoms with Crippen molar-refractivity contribution in [1.82, 2.24) is 4.90 Å². The number of allylic oxidation sites excluding steroid dienone is 1. The van der Waals surface area contributed by atoms with Gasteiger partial charge in [-0.05, 0) is 375 Å². The molecule has 716 valence electrons. The summed E-state index contributed by atoms with van der Waals surface area (Å²) in [6, 6.07) is 102. The number of nitrogens with zero attached hydrogens (tertiary/aromatic N) is 1. The van der Waals surface area contributed by atoms with Crippen LogP contribution in [0.5, 0.6) is 0 Å². The molecule has 2 N–H and O–H groups in total. The average Bonchev–Trinajstić information content (AvgIpc) is 1.55. The molecule has 0 radical (unpaired) electrons. The molecule has 2 aliphatic rings. The molecule has 8 nitrogen and oxygen atoms in total. The quantitative estimate of drug-likeness (QED) is 0.0202. The molecule has 0 amide bonds. The Bertz CT molecular complexity index is 7790. The number of carbonyl (C=O) groups excluding carboxylic acids is 3. The monoisotopic (exact) mass is 1890 g/mol. The summed E-state index contributed by atoms with van der Waals surface area (Å²) in [4.78, 5) is 36.6. The topological polar surface area (TPSA) is 113 Å². The van der Waals surface area contributed by atoms with Crippen LogP contribution in [0.15, 0.2) is 305 Å². The number of hydrogen-bond acceptors (Lipinski definition) is 8. The number of ether oxygens (including phenoxy) is 2. The van der Waals surface area contributed by atoms with Crippen molar-refractivity contribution < 1.29 is 34.1 Å². The summed E-state index contributed by atoms with van der Waals surface area (Å²) in [5.74, 6) is -0.853. The van der Waals surface area contributed by atoms with Gasteiger partial charge < -0.3 is 24.6 Å². The van der Waals surface area contributed by atoms with Crippen molar-refractivity contribution in [3.63, 3.8) is 0 Å². The largest absolute Gasteiger partial charge is 0.463 e. The minimum Gasteiger partial charge on any atom is -0.463 e. The highest BCUT2D eigenvalue weighted by Gasteiger charge is 2.45. The van der Waals surface area contributed by atoms with E-state index >= 15 is 0 Å². The zero-order chi connectivity index (χ0) is 100.0. The lowest BCUT2D eigenvalue weighted by Crippen LogP contribution is -2.27.